The summed E-state index contributed by atoms with van der Waals surface area (Å²) >= 11 is 0. The number of hydrogen-bond donors (Lipinski definition) is 1. The molecule has 9 aromatic rings. The van der Waals surface area contributed by atoms with Crippen LogP contribution in [0.25, 0.3) is 83.9 Å². The Morgan fingerprint density at radius 3 is 1.81 bits per heavy atom. The molecule has 0 unspecified atom stereocenters. The number of hydrogen-bond acceptors (Lipinski definition) is 3. The molecule has 0 spiro atoms. The molecule has 0 aliphatic rings. The summed E-state index contributed by atoms with van der Waals surface area (Å²) in [5.41, 5.74) is 14.4. The normalized spacial score (nSPS) is 12.1. The average molecular weight is 948 g/mol. The molecule has 4 nitrogen and oxygen atoms in total. The number of rotatable bonds is 9. The number of para-hydroxylation sites is 2. The van der Waals surface area contributed by atoms with Crippen molar-refractivity contribution in [2.45, 2.75) is 39.5 Å². The minimum Gasteiger partial charge on any atom is -0.507 e. The van der Waals surface area contributed by atoms with E-state index in [0.717, 1.165) is 83.6 Å². The van der Waals surface area contributed by atoms with Crippen molar-refractivity contribution < 1.29 is 28.9 Å². The van der Waals surface area contributed by atoms with Gasteiger partial charge in [-0.3, -0.25) is 9.55 Å². The first kappa shape index (κ1) is 37.0. The summed E-state index contributed by atoms with van der Waals surface area (Å²) in [7, 11) is 0. The number of phenols is 1. The van der Waals surface area contributed by atoms with Gasteiger partial charge in [0.25, 0.3) is 0 Å². The molecule has 0 aliphatic carbocycles. The summed E-state index contributed by atoms with van der Waals surface area (Å²) in [4.78, 5) is 10.2. The van der Waals surface area contributed by atoms with Crippen molar-refractivity contribution in [3.05, 3.63) is 193 Å². The summed E-state index contributed by atoms with van der Waals surface area (Å²) in [5.74, 6) is -1.02. The van der Waals surface area contributed by atoms with E-state index >= 15 is 0 Å². The zero-order valence-corrected chi connectivity index (χ0v) is 35.6. The van der Waals surface area contributed by atoms with Crippen molar-refractivity contribution in [2.24, 2.45) is 0 Å². The molecule has 0 atom stereocenters. The largest absolute Gasteiger partial charge is 0.507 e. The maximum absolute atomic E-state index is 11.3. The fourth-order valence-corrected chi connectivity index (χ4v) is 7.93. The summed E-state index contributed by atoms with van der Waals surface area (Å²) < 4.78 is 20.1. The maximum Gasteiger partial charge on any atom is 0.148 e. The summed E-state index contributed by atoms with van der Waals surface area (Å²) in [5, 5.41) is 11.3. The fourth-order valence-electron chi connectivity index (χ4n) is 7.93. The molecular weight excluding hydrogens is 902 g/mol. The third kappa shape index (κ3) is 7.69. The summed E-state index contributed by atoms with van der Waals surface area (Å²) in [6.07, 6.45) is 1.85. The van der Waals surface area contributed by atoms with Gasteiger partial charge in [0.1, 0.15) is 11.6 Å². The monoisotopic (exact) mass is 947 g/mol. The van der Waals surface area contributed by atoms with Crippen molar-refractivity contribution in [2.75, 3.05) is 0 Å². The minimum absolute atomic E-state index is 0. The number of phenolic OH excluding ortho intramolecular Hbond substituents is 1. The van der Waals surface area contributed by atoms with Gasteiger partial charge in [0, 0.05) is 41.4 Å². The van der Waals surface area contributed by atoms with Crippen LogP contribution in [0.4, 0.5) is 0 Å². The van der Waals surface area contributed by atoms with E-state index in [9.17, 15) is 5.11 Å². The van der Waals surface area contributed by atoms with Crippen LogP contribution in [-0.2, 0) is 21.1 Å². The van der Waals surface area contributed by atoms with E-state index in [1.54, 1.807) is 6.07 Å². The number of nitrogens with zero attached hydrogens (tertiary/aromatic N) is 3. The Balaban J connectivity index is 0.00000514. The quantitative estimate of drug-likeness (QED) is 0.147. The average Bonchev–Trinajstić information content (AvgIpc) is 3.66. The van der Waals surface area contributed by atoms with E-state index in [4.69, 9.17) is 12.7 Å². The second-order valence-corrected chi connectivity index (χ2v) is 15.1. The minimum atomic E-state index is -0.875. The molecule has 0 aliphatic heterocycles. The van der Waals surface area contributed by atoms with Crippen molar-refractivity contribution in [1.82, 2.24) is 14.5 Å². The van der Waals surface area contributed by atoms with Gasteiger partial charge in [0.2, 0.25) is 0 Å². The van der Waals surface area contributed by atoms with Crippen LogP contribution in [0.1, 0.15) is 53.4 Å². The van der Waals surface area contributed by atoms with Crippen LogP contribution in [0.2, 0.25) is 0 Å². The molecule has 0 saturated heterocycles. The van der Waals surface area contributed by atoms with Gasteiger partial charge in [0.15, 0.2) is 0 Å². The zero-order chi connectivity index (χ0) is 41.6. The number of pyridine rings is 1. The number of fused-ring (bicyclic) bond motifs is 1. The predicted molar refractivity (Wildman–Crippen MR) is 240 cm³/mol. The Kier molecular flexibility index (Phi) is 10.6. The third-order valence-corrected chi connectivity index (χ3v) is 10.8. The molecule has 7 aromatic carbocycles. The molecule has 292 valence electrons. The van der Waals surface area contributed by atoms with Crippen LogP contribution >= 0.6 is 0 Å². The Bertz CT molecular complexity index is 2970. The van der Waals surface area contributed by atoms with Crippen molar-refractivity contribution in [3.8, 4) is 78.6 Å². The first-order valence-electron chi connectivity index (χ1n) is 20.6. The van der Waals surface area contributed by atoms with Gasteiger partial charge >= 0.3 is 0 Å². The molecule has 0 saturated carbocycles. The first-order valence-corrected chi connectivity index (χ1v) is 19.6. The molecule has 0 fully saturated rings. The summed E-state index contributed by atoms with van der Waals surface area (Å²) in [6, 6.07) is 60.6. The molecule has 59 heavy (non-hydrogen) atoms. The van der Waals surface area contributed by atoms with Gasteiger partial charge in [-0.1, -0.05) is 166 Å². The van der Waals surface area contributed by atoms with E-state index in [-0.39, 0.29) is 26.8 Å². The SMILES string of the molecule is [2H]C(C)(C)c1cccc(C([2H])(C)C)c1-c1ccc(-n2c(-c3ccccc3O)nc3c(-c4[c-]c(-c5cc(-c6ccccc6)ccn5)cc(-c5ccccc5)c4)cccc32)cc1.[Pt]. The van der Waals surface area contributed by atoms with Crippen molar-refractivity contribution in [3.63, 3.8) is 0 Å². The fraction of sp³-hybridized carbons (Fsp3) is 0.111. The smallest absolute Gasteiger partial charge is 0.148 e. The number of aromatic hydroxyl groups is 1. The van der Waals surface area contributed by atoms with Crippen LogP contribution in [0.15, 0.2) is 176 Å². The molecule has 1 N–H and O–H groups in total. The van der Waals surface area contributed by atoms with Gasteiger partial charge in [-0.2, -0.15) is 0 Å². The van der Waals surface area contributed by atoms with Gasteiger partial charge in [-0.25, -0.2) is 4.98 Å². The predicted octanol–water partition coefficient (Wildman–Crippen LogP) is 14.2. The molecule has 0 bridgehead atoms. The topological polar surface area (TPSA) is 50.9 Å². The van der Waals surface area contributed by atoms with Gasteiger partial charge < -0.3 is 5.11 Å². The van der Waals surface area contributed by atoms with Crippen LogP contribution in [-0.4, -0.2) is 19.6 Å². The Morgan fingerprint density at radius 2 is 1.15 bits per heavy atom. The number of imidazole rings is 1. The van der Waals surface area contributed by atoms with Crippen LogP contribution in [0.3, 0.4) is 0 Å². The second-order valence-electron chi connectivity index (χ2n) is 15.1. The van der Waals surface area contributed by atoms with Gasteiger partial charge in [-0.05, 0) is 87.1 Å². The first-order chi connectivity index (χ1) is 28.9. The molecule has 0 radical (unpaired) electrons. The van der Waals surface area contributed by atoms with Gasteiger partial charge in [0.05, 0.1) is 16.6 Å². The van der Waals surface area contributed by atoms with Crippen molar-refractivity contribution >= 4 is 11.0 Å². The Labute approximate surface area is 364 Å². The maximum atomic E-state index is 11.3. The van der Waals surface area contributed by atoms with Crippen LogP contribution in [0.5, 0.6) is 5.75 Å². The standard InChI is InChI=1S/C54H44N3O.Pt/c1-35(2)45-20-13-21-46(36(3)4)52(45)39-25-27-44(28-26-39)57-50-23-14-22-47(53(50)56-54(57)48-19-11-12-24-51(48)58)42-31-41(38-17-9-6-10-18-38)32-43(33-42)49-34-40(29-30-55-49)37-15-7-5-8-16-37;/h5-32,34-36,58H,1-4H3;/q-1;/i35D,36D;. The van der Waals surface area contributed by atoms with E-state index < -0.39 is 11.8 Å². The van der Waals surface area contributed by atoms with E-state index in [2.05, 4.69) is 89.5 Å². The number of aromatic nitrogens is 3. The molecule has 0 amide bonds. The van der Waals surface area contributed by atoms with Gasteiger partial charge in [-0.15, -0.1) is 23.8 Å². The van der Waals surface area contributed by atoms with Crippen LogP contribution < -0.4 is 0 Å². The molecule has 2 aromatic heterocycles. The molecule has 5 heteroatoms. The van der Waals surface area contributed by atoms with E-state index in [1.165, 1.54) is 0 Å². The van der Waals surface area contributed by atoms with Crippen molar-refractivity contribution in [1.29, 1.82) is 0 Å². The second kappa shape index (κ2) is 16.9. The number of benzene rings is 7. The zero-order valence-electron chi connectivity index (χ0n) is 35.3. The Morgan fingerprint density at radius 1 is 0.559 bits per heavy atom. The van der Waals surface area contributed by atoms with E-state index in [1.807, 2.05) is 119 Å². The summed E-state index contributed by atoms with van der Waals surface area (Å²) in [6.45, 7) is 7.57. The molecular formula is C54H44N3OPt-. The molecule has 9 rings (SSSR count). The Hall–Kier alpha value is -6.35. The third-order valence-electron chi connectivity index (χ3n) is 10.8. The van der Waals surface area contributed by atoms with E-state index in [0.29, 0.717) is 11.4 Å². The van der Waals surface area contributed by atoms with Crippen LogP contribution in [0, 0.1) is 6.07 Å². The molecule has 2 heterocycles.